The number of carbonyl (C=O) groups excluding carboxylic acids is 1. The lowest BCUT2D eigenvalue weighted by molar-refractivity contribution is -0.139. The number of nitrogens with zero attached hydrogens (tertiary/aromatic N) is 1. The maximum absolute atomic E-state index is 12.1. The molecule has 2 aliphatic heterocycles. The zero-order valence-corrected chi connectivity index (χ0v) is 10.9. The molecule has 2 aliphatic rings. The van der Waals surface area contributed by atoms with E-state index < -0.39 is 0 Å². The molecule has 0 N–H and O–H groups in total. The van der Waals surface area contributed by atoms with E-state index in [9.17, 15) is 4.79 Å². The third kappa shape index (κ3) is 2.30. The predicted octanol–water partition coefficient (Wildman–Crippen LogP) is 2.10. The zero-order valence-electron chi connectivity index (χ0n) is 10.9. The summed E-state index contributed by atoms with van der Waals surface area (Å²) in [4.78, 5) is 14.0. The lowest BCUT2D eigenvalue weighted by atomic mass is 9.98. The first-order valence-electron chi connectivity index (χ1n) is 6.52. The molecule has 0 saturated carbocycles. The third-order valence-electron chi connectivity index (χ3n) is 3.74. The van der Waals surface area contributed by atoms with Crippen LogP contribution in [-0.4, -0.2) is 30.1 Å². The zero-order chi connectivity index (χ0) is 13.2. The van der Waals surface area contributed by atoms with Gasteiger partial charge < -0.3 is 14.4 Å². The van der Waals surface area contributed by atoms with Crippen LogP contribution in [0.15, 0.2) is 36.6 Å². The normalized spacial score (nSPS) is 25.1. The Labute approximate surface area is 112 Å². The van der Waals surface area contributed by atoms with Gasteiger partial charge in [0, 0.05) is 13.0 Å². The Morgan fingerprint density at radius 1 is 1.37 bits per heavy atom. The summed E-state index contributed by atoms with van der Waals surface area (Å²) in [5.74, 6) is 1.03. The van der Waals surface area contributed by atoms with Gasteiger partial charge in [-0.3, -0.25) is 4.79 Å². The van der Waals surface area contributed by atoms with Gasteiger partial charge in [-0.15, -0.1) is 0 Å². The summed E-state index contributed by atoms with van der Waals surface area (Å²) in [7, 11) is 1.65. The summed E-state index contributed by atoms with van der Waals surface area (Å²) in [6.07, 6.45) is 5.21. The highest BCUT2D eigenvalue weighted by Crippen LogP contribution is 2.28. The second-order valence-corrected chi connectivity index (χ2v) is 4.90. The predicted molar refractivity (Wildman–Crippen MR) is 70.6 cm³/mol. The Balaban J connectivity index is 1.76. The van der Waals surface area contributed by atoms with Crippen molar-refractivity contribution in [2.75, 3.05) is 7.11 Å². The second-order valence-electron chi connectivity index (χ2n) is 4.90. The fraction of sp³-hybridized carbons (Fsp3) is 0.400. The molecular formula is C15H17NO3. The molecule has 0 spiro atoms. The van der Waals surface area contributed by atoms with Crippen molar-refractivity contribution in [1.29, 1.82) is 0 Å². The average Bonchev–Trinajstić information content (AvgIpc) is 2.91. The van der Waals surface area contributed by atoms with Crippen molar-refractivity contribution in [1.82, 2.24) is 4.90 Å². The number of methoxy groups -OCH3 is 1. The van der Waals surface area contributed by atoms with E-state index in [-0.39, 0.29) is 18.1 Å². The van der Waals surface area contributed by atoms with E-state index in [1.54, 1.807) is 13.4 Å². The molecule has 0 aliphatic carbocycles. The van der Waals surface area contributed by atoms with E-state index in [4.69, 9.17) is 9.47 Å². The van der Waals surface area contributed by atoms with Gasteiger partial charge in [0.1, 0.15) is 11.9 Å². The Morgan fingerprint density at radius 2 is 2.16 bits per heavy atom. The molecule has 4 heteroatoms. The van der Waals surface area contributed by atoms with Crippen molar-refractivity contribution in [2.45, 2.75) is 31.5 Å². The van der Waals surface area contributed by atoms with Crippen molar-refractivity contribution >= 4 is 5.91 Å². The molecule has 2 heterocycles. The topological polar surface area (TPSA) is 38.8 Å². The molecule has 1 aromatic carbocycles. The van der Waals surface area contributed by atoms with Gasteiger partial charge in [-0.05, 0) is 30.2 Å². The summed E-state index contributed by atoms with van der Waals surface area (Å²) < 4.78 is 10.7. The Kier molecular flexibility index (Phi) is 3.15. The van der Waals surface area contributed by atoms with Gasteiger partial charge in [0.25, 0.3) is 0 Å². The molecule has 19 heavy (non-hydrogen) atoms. The first kappa shape index (κ1) is 12.1. The number of carbonyl (C=O) groups is 1. The first-order chi connectivity index (χ1) is 9.28. The Bertz CT molecular complexity index is 495. The maximum atomic E-state index is 12.1. The molecule has 0 radical (unpaired) electrons. The number of fused-ring (bicyclic) bond motifs is 1. The molecule has 2 atom stereocenters. The number of hydrogen-bond donors (Lipinski definition) is 0. The SMILES string of the molecule is COc1ccc(CN2C(=O)CC[C@@H]3OC=C[C@@H]32)cc1. The monoisotopic (exact) mass is 259 g/mol. The van der Waals surface area contributed by atoms with Crippen molar-refractivity contribution in [2.24, 2.45) is 0 Å². The highest BCUT2D eigenvalue weighted by Gasteiger charge is 2.37. The average molecular weight is 259 g/mol. The summed E-state index contributed by atoms with van der Waals surface area (Å²) in [5, 5.41) is 0. The molecular weight excluding hydrogens is 242 g/mol. The molecule has 100 valence electrons. The van der Waals surface area contributed by atoms with E-state index >= 15 is 0 Å². The minimum atomic E-state index is 0.0864. The fourth-order valence-electron chi connectivity index (χ4n) is 2.67. The van der Waals surface area contributed by atoms with Crippen LogP contribution in [0.1, 0.15) is 18.4 Å². The summed E-state index contributed by atoms with van der Waals surface area (Å²) in [6, 6.07) is 7.91. The van der Waals surface area contributed by atoms with Crippen LogP contribution in [-0.2, 0) is 16.1 Å². The van der Waals surface area contributed by atoms with Crippen LogP contribution in [0.5, 0.6) is 5.75 Å². The molecule has 1 fully saturated rings. The van der Waals surface area contributed by atoms with Gasteiger partial charge in [0.05, 0.1) is 19.4 Å². The largest absolute Gasteiger partial charge is 0.497 e. The van der Waals surface area contributed by atoms with E-state index in [1.165, 1.54) is 0 Å². The van der Waals surface area contributed by atoms with Crippen molar-refractivity contribution < 1.29 is 14.3 Å². The number of hydrogen-bond acceptors (Lipinski definition) is 3. The van der Waals surface area contributed by atoms with Crippen LogP contribution in [0.3, 0.4) is 0 Å². The van der Waals surface area contributed by atoms with Gasteiger partial charge in [0.2, 0.25) is 5.91 Å². The first-order valence-corrected chi connectivity index (χ1v) is 6.52. The van der Waals surface area contributed by atoms with Gasteiger partial charge in [-0.25, -0.2) is 0 Å². The number of ether oxygens (including phenoxy) is 2. The Hall–Kier alpha value is -1.97. The number of likely N-dealkylation sites (tertiary alicyclic amines) is 1. The minimum Gasteiger partial charge on any atom is -0.497 e. The van der Waals surface area contributed by atoms with Gasteiger partial charge in [-0.2, -0.15) is 0 Å². The van der Waals surface area contributed by atoms with Crippen molar-refractivity contribution in [3.63, 3.8) is 0 Å². The van der Waals surface area contributed by atoms with Gasteiger partial charge in [0.15, 0.2) is 0 Å². The summed E-state index contributed by atoms with van der Waals surface area (Å²) in [6.45, 7) is 0.623. The number of amides is 1. The smallest absolute Gasteiger partial charge is 0.223 e. The van der Waals surface area contributed by atoms with Crippen LogP contribution in [0.4, 0.5) is 0 Å². The number of benzene rings is 1. The summed E-state index contributed by atoms with van der Waals surface area (Å²) in [5.41, 5.74) is 1.11. The standard InChI is InChI=1S/C15H17NO3/c1-18-12-4-2-11(3-5-12)10-16-13-8-9-19-14(13)6-7-15(16)17/h2-5,8-9,13-14H,6-7,10H2,1H3/t13-,14-/m0/s1. The molecule has 3 rings (SSSR count). The number of piperidine rings is 1. The van der Waals surface area contributed by atoms with Crippen LogP contribution in [0, 0.1) is 0 Å². The van der Waals surface area contributed by atoms with E-state index in [0.29, 0.717) is 13.0 Å². The molecule has 1 aromatic rings. The van der Waals surface area contributed by atoms with Crippen LogP contribution < -0.4 is 4.74 Å². The lowest BCUT2D eigenvalue weighted by Crippen LogP contribution is -2.48. The molecule has 1 saturated heterocycles. The van der Waals surface area contributed by atoms with Gasteiger partial charge >= 0.3 is 0 Å². The molecule has 4 nitrogen and oxygen atoms in total. The minimum absolute atomic E-state index is 0.0864. The molecule has 1 amide bonds. The van der Waals surface area contributed by atoms with Gasteiger partial charge in [-0.1, -0.05) is 12.1 Å². The molecule has 0 aromatic heterocycles. The maximum Gasteiger partial charge on any atom is 0.223 e. The molecule has 0 bridgehead atoms. The van der Waals surface area contributed by atoms with Crippen LogP contribution >= 0.6 is 0 Å². The fourth-order valence-corrected chi connectivity index (χ4v) is 2.67. The second kappa shape index (κ2) is 4.96. The Morgan fingerprint density at radius 3 is 2.89 bits per heavy atom. The lowest BCUT2D eigenvalue weighted by Gasteiger charge is -2.36. The van der Waals surface area contributed by atoms with E-state index in [0.717, 1.165) is 17.7 Å². The highest BCUT2D eigenvalue weighted by molar-refractivity contribution is 5.78. The quantitative estimate of drug-likeness (QED) is 0.834. The molecule has 0 unspecified atom stereocenters. The van der Waals surface area contributed by atoms with Crippen LogP contribution in [0.2, 0.25) is 0 Å². The number of rotatable bonds is 3. The summed E-state index contributed by atoms with van der Waals surface area (Å²) >= 11 is 0. The van der Waals surface area contributed by atoms with E-state index in [1.807, 2.05) is 35.2 Å². The van der Waals surface area contributed by atoms with Crippen molar-refractivity contribution in [3.05, 3.63) is 42.2 Å². The third-order valence-corrected chi connectivity index (χ3v) is 3.74. The van der Waals surface area contributed by atoms with Crippen molar-refractivity contribution in [3.8, 4) is 5.75 Å². The van der Waals surface area contributed by atoms with Crippen LogP contribution in [0.25, 0.3) is 0 Å². The highest BCUT2D eigenvalue weighted by atomic mass is 16.5. The van der Waals surface area contributed by atoms with E-state index in [2.05, 4.69) is 0 Å².